The van der Waals surface area contributed by atoms with Crippen LogP contribution in [-0.2, 0) is 6.42 Å². The van der Waals surface area contributed by atoms with Gasteiger partial charge in [-0.2, -0.15) is 0 Å². The van der Waals surface area contributed by atoms with Gasteiger partial charge in [0.05, 0.1) is 6.61 Å². The van der Waals surface area contributed by atoms with Gasteiger partial charge in [-0.1, -0.05) is 37.3 Å². The normalized spacial score (nSPS) is 10.4. The summed E-state index contributed by atoms with van der Waals surface area (Å²) in [5.41, 5.74) is 5.20. The maximum absolute atomic E-state index is 5.76. The molecule has 0 saturated carbocycles. The molecule has 0 radical (unpaired) electrons. The van der Waals surface area contributed by atoms with Gasteiger partial charge in [-0.15, -0.1) is 0 Å². The minimum Gasteiger partial charge on any atom is -0.494 e. The van der Waals surface area contributed by atoms with Crippen molar-refractivity contribution in [1.82, 2.24) is 0 Å². The van der Waals surface area contributed by atoms with Crippen LogP contribution in [0.3, 0.4) is 0 Å². The third-order valence-electron chi connectivity index (χ3n) is 3.70. The van der Waals surface area contributed by atoms with Gasteiger partial charge in [-0.05, 0) is 55.5 Å². The van der Waals surface area contributed by atoms with E-state index < -0.39 is 0 Å². The van der Waals surface area contributed by atoms with E-state index in [1.54, 1.807) is 0 Å². The summed E-state index contributed by atoms with van der Waals surface area (Å²) in [5, 5.41) is 3.51. The van der Waals surface area contributed by atoms with Crippen molar-refractivity contribution < 1.29 is 4.74 Å². The van der Waals surface area contributed by atoms with Gasteiger partial charge in [0.15, 0.2) is 0 Å². The van der Waals surface area contributed by atoms with Crippen LogP contribution in [-0.4, -0.2) is 13.2 Å². The Morgan fingerprint density at radius 1 is 0.952 bits per heavy atom. The molecule has 2 aromatic carbocycles. The molecule has 0 bridgehead atoms. The monoisotopic (exact) mass is 283 g/mol. The van der Waals surface area contributed by atoms with Crippen LogP contribution in [0.2, 0.25) is 0 Å². The molecule has 0 aliphatic rings. The first-order chi connectivity index (χ1) is 10.2. The summed E-state index contributed by atoms with van der Waals surface area (Å²) in [7, 11) is 0. The molecule has 112 valence electrons. The summed E-state index contributed by atoms with van der Waals surface area (Å²) in [6.45, 7) is 8.11. The predicted molar refractivity (Wildman–Crippen MR) is 90.3 cm³/mol. The van der Waals surface area contributed by atoms with Crippen molar-refractivity contribution in [2.75, 3.05) is 18.5 Å². The average molecular weight is 283 g/mol. The van der Waals surface area contributed by atoms with Crippen LogP contribution in [0.15, 0.2) is 42.5 Å². The summed E-state index contributed by atoms with van der Waals surface area (Å²) in [6, 6.07) is 14.7. The first-order valence-corrected chi connectivity index (χ1v) is 7.72. The van der Waals surface area contributed by atoms with Crippen molar-refractivity contribution in [2.45, 2.75) is 33.6 Å². The zero-order chi connectivity index (χ0) is 15.1. The molecular formula is C19H25NO. The van der Waals surface area contributed by atoms with Crippen LogP contribution in [0.25, 0.3) is 0 Å². The van der Waals surface area contributed by atoms with Crippen LogP contribution in [0.5, 0.6) is 5.75 Å². The summed E-state index contributed by atoms with van der Waals surface area (Å²) >= 11 is 0. The highest BCUT2D eigenvalue weighted by Crippen LogP contribution is 2.19. The van der Waals surface area contributed by atoms with E-state index in [2.05, 4.69) is 68.6 Å². The maximum Gasteiger partial charge on any atom is 0.119 e. The van der Waals surface area contributed by atoms with Crippen LogP contribution in [0.1, 0.15) is 30.0 Å². The largest absolute Gasteiger partial charge is 0.494 e. The average Bonchev–Trinajstić information content (AvgIpc) is 2.50. The van der Waals surface area contributed by atoms with Crippen molar-refractivity contribution in [3.8, 4) is 5.75 Å². The Morgan fingerprint density at radius 3 is 2.24 bits per heavy atom. The molecule has 0 saturated heterocycles. The Morgan fingerprint density at radius 2 is 1.62 bits per heavy atom. The number of hydrogen-bond donors (Lipinski definition) is 1. The number of aryl methyl sites for hydroxylation is 3. The smallest absolute Gasteiger partial charge is 0.119 e. The Kier molecular flexibility index (Phi) is 5.68. The molecule has 0 unspecified atom stereocenters. The van der Waals surface area contributed by atoms with Gasteiger partial charge in [-0.25, -0.2) is 0 Å². The highest BCUT2D eigenvalue weighted by atomic mass is 16.5. The van der Waals surface area contributed by atoms with Gasteiger partial charge in [0.25, 0.3) is 0 Å². The fourth-order valence-corrected chi connectivity index (χ4v) is 2.39. The Bertz CT molecular complexity index is 540. The molecule has 0 fully saturated rings. The molecule has 2 aromatic rings. The molecular weight excluding hydrogens is 258 g/mol. The number of nitrogens with one attached hydrogen (secondary N) is 1. The summed E-state index contributed by atoms with van der Waals surface area (Å²) in [6.07, 6.45) is 2.06. The number of hydrogen-bond acceptors (Lipinski definition) is 2. The molecule has 0 aliphatic carbocycles. The fourth-order valence-electron chi connectivity index (χ4n) is 2.39. The van der Waals surface area contributed by atoms with Crippen molar-refractivity contribution in [3.63, 3.8) is 0 Å². The molecule has 1 N–H and O–H groups in total. The van der Waals surface area contributed by atoms with Gasteiger partial charge in [0.1, 0.15) is 5.75 Å². The van der Waals surface area contributed by atoms with Crippen LogP contribution in [0, 0.1) is 13.8 Å². The van der Waals surface area contributed by atoms with E-state index in [1.807, 2.05) is 0 Å². The Hall–Kier alpha value is -1.96. The van der Waals surface area contributed by atoms with Gasteiger partial charge >= 0.3 is 0 Å². The first kappa shape index (κ1) is 15.4. The van der Waals surface area contributed by atoms with E-state index in [4.69, 9.17) is 4.74 Å². The lowest BCUT2D eigenvalue weighted by Crippen LogP contribution is -2.09. The quantitative estimate of drug-likeness (QED) is 0.741. The highest BCUT2D eigenvalue weighted by molar-refractivity contribution is 5.56. The molecule has 2 rings (SSSR count). The summed E-state index contributed by atoms with van der Waals surface area (Å²) < 4.78 is 5.76. The molecule has 0 heterocycles. The zero-order valence-electron chi connectivity index (χ0n) is 13.3. The van der Waals surface area contributed by atoms with Crippen molar-refractivity contribution in [1.29, 1.82) is 0 Å². The highest BCUT2D eigenvalue weighted by Gasteiger charge is 2.00. The minimum atomic E-state index is 0.739. The van der Waals surface area contributed by atoms with Gasteiger partial charge in [-0.3, -0.25) is 0 Å². The van der Waals surface area contributed by atoms with Crippen LogP contribution >= 0.6 is 0 Å². The van der Waals surface area contributed by atoms with E-state index in [0.717, 1.165) is 31.7 Å². The van der Waals surface area contributed by atoms with Crippen LogP contribution < -0.4 is 10.1 Å². The number of rotatable bonds is 7. The van der Waals surface area contributed by atoms with E-state index >= 15 is 0 Å². The van der Waals surface area contributed by atoms with Gasteiger partial charge in [0.2, 0.25) is 0 Å². The lowest BCUT2D eigenvalue weighted by molar-refractivity contribution is 0.315. The molecule has 2 nitrogen and oxygen atoms in total. The molecule has 2 heteroatoms. The summed E-state index contributed by atoms with van der Waals surface area (Å²) in [5.74, 6) is 0.958. The number of benzene rings is 2. The van der Waals surface area contributed by atoms with Crippen LogP contribution in [0.4, 0.5) is 5.69 Å². The van der Waals surface area contributed by atoms with E-state index in [-0.39, 0.29) is 0 Å². The number of ether oxygens (including phenoxy) is 1. The second-order valence-corrected chi connectivity index (χ2v) is 5.39. The fraction of sp³-hybridized carbons (Fsp3) is 0.368. The molecule has 0 atom stereocenters. The topological polar surface area (TPSA) is 21.3 Å². The van der Waals surface area contributed by atoms with Gasteiger partial charge in [0, 0.05) is 12.2 Å². The summed E-state index contributed by atoms with van der Waals surface area (Å²) in [4.78, 5) is 0. The third-order valence-corrected chi connectivity index (χ3v) is 3.70. The predicted octanol–water partition coefficient (Wildman–Crippen LogP) is 4.75. The van der Waals surface area contributed by atoms with E-state index in [1.165, 1.54) is 22.4 Å². The SMILES string of the molecule is CCc1ccc(OCCCNc2c(C)cccc2C)cc1. The molecule has 0 aromatic heterocycles. The second-order valence-electron chi connectivity index (χ2n) is 5.39. The molecule has 21 heavy (non-hydrogen) atoms. The standard InChI is InChI=1S/C19H25NO/c1-4-17-9-11-18(12-10-17)21-14-6-13-20-19-15(2)7-5-8-16(19)3/h5,7-12,20H,4,6,13-14H2,1-3H3. The lowest BCUT2D eigenvalue weighted by Gasteiger charge is -2.13. The molecule has 0 aliphatic heterocycles. The lowest BCUT2D eigenvalue weighted by atomic mass is 10.1. The number of anilines is 1. The van der Waals surface area contributed by atoms with Gasteiger partial charge < -0.3 is 10.1 Å². The number of para-hydroxylation sites is 1. The minimum absolute atomic E-state index is 0.739. The zero-order valence-corrected chi connectivity index (χ0v) is 13.3. The van der Waals surface area contributed by atoms with Crippen molar-refractivity contribution in [2.24, 2.45) is 0 Å². The van der Waals surface area contributed by atoms with E-state index in [0.29, 0.717) is 0 Å². The van der Waals surface area contributed by atoms with Crippen molar-refractivity contribution >= 4 is 5.69 Å². The van der Waals surface area contributed by atoms with E-state index in [9.17, 15) is 0 Å². The third kappa shape index (κ3) is 4.52. The molecule has 0 amide bonds. The van der Waals surface area contributed by atoms with Crippen molar-refractivity contribution in [3.05, 3.63) is 59.2 Å². The second kappa shape index (κ2) is 7.72. The first-order valence-electron chi connectivity index (χ1n) is 7.72. The Labute approximate surface area is 128 Å². The maximum atomic E-state index is 5.76. The molecule has 0 spiro atoms. The Balaban J connectivity index is 1.72.